The van der Waals surface area contributed by atoms with Crippen LogP contribution in [0.1, 0.15) is 46.8 Å². The van der Waals surface area contributed by atoms with E-state index in [4.69, 9.17) is 53.8 Å². The molecular formula is C25H31Cl3N2O7. The van der Waals surface area contributed by atoms with Gasteiger partial charge >= 0.3 is 11.9 Å². The number of hydrogen-bond acceptors (Lipinski definition) is 8. The molecule has 0 aliphatic carbocycles. The summed E-state index contributed by atoms with van der Waals surface area (Å²) in [6.07, 6.45) is 2.91. The Morgan fingerprint density at radius 1 is 1.19 bits per heavy atom. The Kier molecular flexibility index (Phi) is 10.5. The molecule has 9 nitrogen and oxygen atoms in total. The molecule has 0 unspecified atom stereocenters. The maximum atomic E-state index is 12.5. The topological polar surface area (TPSA) is 103 Å². The van der Waals surface area contributed by atoms with Crippen LogP contribution in [-0.2, 0) is 36.8 Å². The molecule has 1 fully saturated rings. The Balaban J connectivity index is 1.71. The number of carbonyl (C=O) groups excluding carboxylic acids is 3. The lowest BCUT2D eigenvalue weighted by Gasteiger charge is -2.26. The summed E-state index contributed by atoms with van der Waals surface area (Å²) in [4.78, 5) is 39.4. The van der Waals surface area contributed by atoms with Crippen LogP contribution >= 0.6 is 34.8 Å². The number of anilines is 1. The molecule has 204 valence electrons. The Bertz CT molecular complexity index is 1060. The summed E-state index contributed by atoms with van der Waals surface area (Å²) >= 11 is 17.3. The van der Waals surface area contributed by atoms with Gasteiger partial charge in [0.15, 0.2) is 0 Å². The first-order chi connectivity index (χ1) is 17.5. The van der Waals surface area contributed by atoms with E-state index in [-0.39, 0.29) is 36.7 Å². The molecule has 0 spiro atoms. The van der Waals surface area contributed by atoms with E-state index in [0.29, 0.717) is 49.7 Å². The van der Waals surface area contributed by atoms with Crippen molar-refractivity contribution in [2.45, 2.75) is 43.5 Å². The predicted molar refractivity (Wildman–Crippen MR) is 141 cm³/mol. The van der Waals surface area contributed by atoms with Crippen molar-refractivity contribution in [2.75, 3.05) is 51.9 Å². The quantitative estimate of drug-likeness (QED) is 0.252. The highest BCUT2D eigenvalue weighted by Crippen LogP contribution is 2.42. The van der Waals surface area contributed by atoms with E-state index in [2.05, 4.69) is 10.2 Å². The molecule has 2 heterocycles. The number of amides is 1. The maximum absolute atomic E-state index is 12.5. The number of carbonyl (C=O) groups is 3. The summed E-state index contributed by atoms with van der Waals surface area (Å²) in [7, 11) is 1.50. The highest BCUT2D eigenvalue weighted by Gasteiger charge is 2.36. The molecule has 1 saturated heterocycles. The van der Waals surface area contributed by atoms with Crippen LogP contribution in [0.4, 0.5) is 5.69 Å². The van der Waals surface area contributed by atoms with E-state index in [1.165, 1.54) is 7.11 Å². The monoisotopic (exact) mass is 576 g/mol. The fourth-order valence-electron chi connectivity index (χ4n) is 4.24. The zero-order valence-corrected chi connectivity index (χ0v) is 23.4. The van der Waals surface area contributed by atoms with Gasteiger partial charge in [-0.05, 0) is 32.3 Å². The van der Waals surface area contributed by atoms with Crippen molar-refractivity contribution in [3.8, 4) is 5.75 Å². The zero-order valence-electron chi connectivity index (χ0n) is 21.1. The number of allylic oxidation sites excluding steroid dienone is 2. The minimum atomic E-state index is -2.24. The molecule has 37 heavy (non-hydrogen) atoms. The highest BCUT2D eigenvalue weighted by atomic mass is 35.6. The van der Waals surface area contributed by atoms with Crippen molar-refractivity contribution in [3.63, 3.8) is 0 Å². The van der Waals surface area contributed by atoms with Gasteiger partial charge in [-0.1, -0.05) is 46.5 Å². The van der Waals surface area contributed by atoms with Crippen molar-refractivity contribution < 1.29 is 33.3 Å². The van der Waals surface area contributed by atoms with Crippen molar-refractivity contribution in [1.82, 2.24) is 4.90 Å². The standard InChI is InChI=1S/C25H31Cl3N2O7/c1-15(5-7-19(31)36-13-10-30-8-11-35-12-9-30)4-6-17-21(29-24(33)25(26,27)28)20-18(14-37-23(20)32)16(2)22(17)34-3/h4H,5-14H2,1-3H3,(H,29,33)/b15-4+. The largest absolute Gasteiger partial charge is 0.496 e. The summed E-state index contributed by atoms with van der Waals surface area (Å²) in [6, 6.07) is 0. The summed E-state index contributed by atoms with van der Waals surface area (Å²) in [5.74, 6) is -1.28. The average molecular weight is 578 g/mol. The van der Waals surface area contributed by atoms with Gasteiger partial charge in [0.25, 0.3) is 9.70 Å². The van der Waals surface area contributed by atoms with Gasteiger partial charge in [0, 0.05) is 37.2 Å². The zero-order chi connectivity index (χ0) is 27.2. The number of cyclic esters (lactones) is 1. The number of ether oxygens (including phenoxy) is 4. The third-order valence-electron chi connectivity index (χ3n) is 6.33. The number of alkyl halides is 3. The first-order valence-electron chi connectivity index (χ1n) is 11.9. The van der Waals surface area contributed by atoms with Crippen molar-refractivity contribution in [3.05, 3.63) is 33.9 Å². The molecule has 2 aliphatic rings. The third-order valence-corrected chi connectivity index (χ3v) is 6.84. The lowest BCUT2D eigenvalue weighted by molar-refractivity contribution is -0.144. The second kappa shape index (κ2) is 13.2. The van der Waals surface area contributed by atoms with Crippen molar-refractivity contribution in [2.24, 2.45) is 0 Å². The van der Waals surface area contributed by atoms with E-state index in [1.807, 2.05) is 19.9 Å². The molecule has 1 N–H and O–H groups in total. The average Bonchev–Trinajstić information content (AvgIpc) is 3.25. The Labute approximate surface area is 231 Å². The number of hydrogen-bond donors (Lipinski definition) is 1. The summed E-state index contributed by atoms with van der Waals surface area (Å²) in [6.45, 7) is 7.86. The molecule has 3 rings (SSSR count). The molecule has 1 aromatic rings. The fraction of sp³-hybridized carbons (Fsp3) is 0.560. The van der Waals surface area contributed by atoms with Crippen LogP contribution in [0.15, 0.2) is 11.6 Å². The molecule has 2 aliphatic heterocycles. The Hall–Kier alpha value is -2.04. The molecule has 0 aromatic heterocycles. The van der Waals surface area contributed by atoms with Crippen LogP contribution in [-0.4, -0.2) is 73.1 Å². The normalized spacial score (nSPS) is 16.3. The second-order valence-corrected chi connectivity index (χ2v) is 11.1. The molecule has 12 heteroatoms. The number of esters is 2. The number of halogens is 3. The molecule has 0 radical (unpaired) electrons. The van der Waals surface area contributed by atoms with Gasteiger partial charge in [-0.25, -0.2) is 4.79 Å². The number of nitrogens with one attached hydrogen (secondary N) is 1. The van der Waals surface area contributed by atoms with E-state index in [1.54, 1.807) is 0 Å². The number of benzene rings is 1. The number of nitrogens with zero attached hydrogens (tertiary/aromatic N) is 1. The molecule has 0 bridgehead atoms. The molecule has 1 amide bonds. The SMILES string of the molecule is COc1c(C)c2c(c(NC(=O)C(Cl)(Cl)Cl)c1C/C=C(\C)CCC(=O)OCCN1CCOCC1)C(=O)OC2. The van der Waals surface area contributed by atoms with Crippen molar-refractivity contribution >= 4 is 58.3 Å². The number of methoxy groups -OCH3 is 1. The minimum Gasteiger partial charge on any atom is -0.496 e. The molecule has 1 aromatic carbocycles. The molecule has 0 saturated carbocycles. The van der Waals surface area contributed by atoms with Crippen molar-refractivity contribution in [1.29, 1.82) is 0 Å². The maximum Gasteiger partial charge on any atom is 0.341 e. The van der Waals surface area contributed by atoms with Crippen LogP contribution in [0, 0.1) is 6.92 Å². The summed E-state index contributed by atoms with van der Waals surface area (Å²) in [5, 5.41) is 2.58. The summed E-state index contributed by atoms with van der Waals surface area (Å²) < 4.78 is 19.3. The number of morpholine rings is 1. The Morgan fingerprint density at radius 3 is 2.54 bits per heavy atom. The van der Waals surface area contributed by atoms with Gasteiger partial charge in [-0.2, -0.15) is 0 Å². The van der Waals surface area contributed by atoms with Gasteiger partial charge in [0.05, 0.1) is 31.6 Å². The summed E-state index contributed by atoms with van der Waals surface area (Å²) in [5.41, 5.74) is 3.18. The third kappa shape index (κ3) is 7.74. The van der Waals surface area contributed by atoms with E-state index in [0.717, 1.165) is 24.2 Å². The predicted octanol–water partition coefficient (Wildman–Crippen LogP) is 4.13. The fourth-order valence-corrected chi connectivity index (χ4v) is 4.38. The first kappa shape index (κ1) is 29.5. The first-order valence-corrected chi connectivity index (χ1v) is 13.0. The lowest BCUT2D eigenvalue weighted by atomic mass is 9.93. The van der Waals surface area contributed by atoms with Gasteiger partial charge in [-0.15, -0.1) is 0 Å². The lowest BCUT2D eigenvalue weighted by Crippen LogP contribution is -2.38. The van der Waals surface area contributed by atoms with Crippen LogP contribution < -0.4 is 10.1 Å². The molecule has 0 atom stereocenters. The van der Waals surface area contributed by atoms with Crippen LogP contribution in [0.3, 0.4) is 0 Å². The van der Waals surface area contributed by atoms with Gasteiger partial charge in [0.1, 0.15) is 19.0 Å². The van der Waals surface area contributed by atoms with E-state index in [9.17, 15) is 14.4 Å². The van der Waals surface area contributed by atoms with E-state index < -0.39 is 15.7 Å². The Morgan fingerprint density at radius 2 is 1.89 bits per heavy atom. The smallest absolute Gasteiger partial charge is 0.341 e. The van der Waals surface area contributed by atoms with Crippen LogP contribution in [0.5, 0.6) is 5.75 Å². The highest BCUT2D eigenvalue weighted by molar-refractivity contribution is 6.76. The minimum absolute atomic E-state index is 0.0514. The van der Waals surface area contributed by atoms with Gasteiger partial charge < -0.3 is 24.3 Å². The second-order valence-electron chi connectivity index (χ2n) is 8.82. The van der Waals surface area contributed by atoms with Gasteiger partial charge in [0.2, 0.25) is 0 Å². The number of fused-ring (bicyclic) bond motifs is 1. The van der Waals surface area contributed by atoms with E-state index >= 15 is 0 Å². The van der Waals surface area contributed by atoms with Crippen LogP contribution in [0.2, 0.25) is 0 Å². The van der Waals surface area contributed by atoms with Crippen LogP contribution in [0.25, 0.3) is 0 Å². The number of rotatable bonds is 10. The molecular weight excluding hydrogens is 547 g/mol. The van der Waals surface area contributed by atoms with Gasteiger partial charge in [-0.3, -0.25) is 14.5 Å².